The van der Waals surface area contributed by atoms with Crippen LogP contribution >= 0.6 is 46.4 Å². The first-order valence-electron chi connectivity index (χ1n) is 6.50. The van der Waals surface area contributed by atoms with Gasteiger partial charge in [0.25, 0.3) is 5.91 Å². The number of nitrogens with zero attached hydrogens (tertiary/aromatic N) is 1. The number of nitrogens with one attached hydrogen (secondary N) is 2. The SMILES string of the molecule is N#C/C(=C/Nc1cccc(Cl)c1Cl)C(=O)Nc1cccc(Cl)c1Cl. The molecule has 0 fully saturated rings. The van der Waals surface area contributed by atoms with Gasteiger partial charge < -0.3 is 10.6 Å². The van der Waals surface area contributed by atoms with E-state index in [0.29, 0.717) is 21.4 Å². The van der Waals surface area contributed by atoms with Gasteiger partial charge in [-0.3, -0.25) is 4.79 Å². The quantitative estimate of drug-likeness (QED) is 0.506. The van der Waals surface area contributed by atoms with Crippen LogP contribution in [-0.2, 0) is 4.79 Å². The minimum atomic E-state index is -0.646. The van der Waals surface area contributed by atoms with E-state index < -0.39 is 5.91 Å². The second-order valence-corrected chi connectivity index (χ2v) is 6.04. The van der Waals surface area contributed by atoms with Gasteiger partial charge in [0.2, 0.25) is 0 Å². The van der Waals surface area contributed by atoms with Gasteiger partial charge in [0.05, 0.1) is 31.5 Å². The summed E-state index contributed by atoms with van der Waals surface area (Å²) in [6.07, 6.45) is 1.23. The molecule has 2 aromatic carbocycles. The minimum absolute atomic E-state index is 0.179. The summed E-state index contributed by atoms with van der Waals surface area (Å²) in [5, 5.41) is 15.6. The highest BCUT2D eigenvalue weighted by Gasteiger charge is 2.13. The zero-order chi connectivity index (χ0) is 17.7. The molecule has 0 aliphatic carbocycles. The minimum Gasteiger partial charge on any atom is -0.359 e. The van der Waals surface area contributed by atoms with Gasteiger partial charge in [0.1, 0.15) is 11.6 Å². The van der Waals surface area contributed by atoms with Crippen LogP contribution in [-0.4, -0.2) is 5.91 Å². The summed E-state index contributed by atoms with van der Waals surface area (Å²) < 4.78 is 0. The van der Waals surface area contributed by atoms with Gasteiger partial charge >= 0.3 is 0 Å². The number of hydrogen-bond donors (Lipinski definition) is 2. The number of anilines is 2. The Labute approximate surface area is 158 Å². The first kappa shape index (κ1) is 18.4. The monoisotopic (exact) mass is 399 g/mol. The maximum atomic E-state index is 12.2. The molecule has 0 bridgehead atoms. The zero-order valence-corrected chi connectivity index (χ0v) is 14.9. The number of carbonyl (C=O) groups is 1. The van der Waals surface area contributed by atoms with Crippen LogP contribution in [0.25, 0.3) is 0 Å². The first-order chi connectivity index (χ1) is 11.4. The van der Waals surface area contributed by atoms with E-state index in [1.54, 1.807) is 42.5 Å². The van der Waals surface area contributed by atoms with Crippen molar-refractivity contribution >= 4 is 63.7 Å². The molecule has 0 spiro atoms. The van der Waals surface area contributed by atoms with Crippen molar-refractivity contribution in [1.29, 1.82) is 5.26 Å². The Bertz CT molecular complexity index is 859. The van der Waals surface area contributed by atoms with Crippen LogP contribution in [0, 0.1) is 11.3 Å². The number of nitriles is 1. The Hall–Kier alpha value is -1.90. The number of benzene rings is 2. The van der Waals surface area contributed by atoms with Crippen molar-refractivity contribution in [3.8, 4) is 6.07 Å². The van der Waals surface area contributed by atoms with E-state index in [1.165, 1.54) is 6.20 Å². The molecule has 2 N–H and O–H groups in total. The third kappa shape index (κ3) is 4.34. The van der Waals surface area contributed by atoms with E-state index >= 15 is 0 Å². The largest absolute Gasteiger partial charge is 0.359 e. The third-order valence-electron chi connectivity index (χ3n) is 2.89. The van der Waals surface area contributed by atoms with Crippen LogP contribution < -0.4 is 10.6 Å². The molecule has 8 heteroatoms. The van der Waals surface area contributed by atoms with Crippen molar-refractivity contribution in [2.24, 2.45) is 0 Å². The average molecular weight is 401 g/mol. The van der Waals surface area contributed by atoms with Crippen LogP contribution in [0.15, 0.2) is 48.2 Å². The Balaban J connectivity index is 2.18. The van der Waals surface area contributed by atoms with E-state index in [4.69, 9.17) is 51.7 Å². The molecule has 0 radical (unpaired) electrons. The lowest BCUT2D eigenvalue weighted by Gasteiger charge is -2.08. The highest BCUT2D eigenvalue weighted by Crippen LogP contribution is 2.31. The number of rotatable bonds is 4. The highest BCUT2D eigenvalue weighted by molar-refractivity contribution is 6.44. The van der Waals surface area contributed by atoms with Gasteiger partial charge in [-0.05, 0) is 24.3 Å². The Morgan fingerprint density at radius 1 is 0.958 bits per heavy atom. The summed E-state index contributed by atoms with van der Waals surface area (Å²) in [4.78, 5) is 12.2. The highest BCUT2D eigenvalue weighted by atomic mass is 35.5. The van der Waals surface area contributed by atoms with E-state index in [2.05, 4.69) is 10.6 Å². The molecule has 0 aliphatic rings. The fourth-order valence-electron chi connectivity index (χ4n) is 1.70. The van der Waals surface area contributed by atoms with Crippen LogP contribution in [0.3, 0.4) is 0 Å². The van der Waals surface area contributed by atoms with Crippen LogP contribution in [0.1, 0.15) is 0 Å². The molecule has 0 aliphatic heterocycles. The second kappa shape index (κ2) is 8.27. The molecule has 0 aromatic heterocycles. The summed E-state index contributed by atoms with van der Waals surface area (Å²) in [6.45, 7) is 0. The predicted molar refractivity (Wildman–Crippen MR) is 98.9 cm³/mol. The molecular formula is C16H9Cl4N3O. The fourth-order valence-corrected chi connectivity index (χ4v) is 2.41. The molecule has 0 heterocycles. The maximum Gasteiger partial charge on any atom is 0.267 e. The Morgan fingerprint density at radius 3 is 2.08 bits per heavy atom. The van der Waals surface area contributed by atoms with E-state index in [1.807, 2.05) is 0 Å². The molecule has 122 valence electrons. The van der Waals surface area contributed by atoms with E-state index in [-0.39, 0.29) is 15.6 Å². The fraction of sp³-hybridized carbons (Fsp3) is 0. The molecule has 0 saturated carbocycles. The Morgan fingerprint density at radius 2 is 1.50 bits per heavy atom. The van der Waals surface area contributed by atoms with Crippen molar-refractivity contribution in [2.75, 3.05) is 10.6 Å². The average Bonchev–Trinajstić information content (AvgIpc) is 2.56. The number of halogens is 4. The number of hydrogen-bond acceptors (Lipinski definition) is 3. The van der Waals surface area contributed by atoms with E-state index in [0.717, 1.165) is 0 Å². The summed E-state index contributed by atoms with van der Waals surface area (Å²) >= 11 is 23.8. The predicted octanol–water partition coefficient (Wildman–Crippen LogP) is 5.76. The Kier molecular flexibility index (Phi) is 6.36. The first-order valence-corrected chi connectivity index (χ1v) is 8.01. The molecular weight excluding hydrogens is 392 g/mol. The lowest BCUT2D eigenvalue weighted by atomic mass is 10.2. The zero-order valence-electron chi connectivity index (χ0n) is 11.9. The molecule has 0 unspecified atom stereocenters. The topological polar surface area (TPSA) is 64.9 Å². The maximum absolute atomic E-state index is 12.2. The van der Waals surface area contributed by atoms with Gasteiger partial charge in [-0.2, -0.15) is 5.26 Å². The van der Waals surface area contributed by atoms with Gasteiger partial charge in [-0.15, -0.1) is 0 Å². The molecule has 4 nitrogen and oxygen atoms in total. The molecule has 0 saturated heterocycles. The summed E-state index contributed by atoms with van der Waals surface area (Å²) in [6, 6.07) is 11.5. The second-order valence-electron chi connectivity index (χ2n) is 4.47. The van der Waals surface area contributed by atoms with Crippen molar-refractivity contribution in [1.82, 2.24) is 0 Å². The van der Waals surface area contributed by atoms with Gasteiger partial charge in [-0.1, -0.05) is 58.5 Å². The molecule has 2 aromatic rings. The van der Waals surface area contributed by atoms with Gasteiger partial charge in [0, 0.05) is 6.20 Å². The lowest BCUT2D eigenvalue weighted by molar-refractivity contribution is -0.112. The normalized spacial score (nSPS) is 10.9. The lowest BCUT2D eigenvalue weighted by Crippen LogP contribution is -2.15. The van der Waals surface area contributed by atoms with Crippen LogP contribution in [0.4, 0.5) is 11.4 Å². The van der Waals surface area contributed by atoms with Crippen molar-refractivity contribution in [2.45, 2.75) is 0 Å². The van der Waals surface area contributed by atoms with E-state index in [9.17, 15) is 4.79 Å². The molecule has 24 heavy (non-hydrogen) atoms. The summed E-state index contributed by atoms with van der Waals surface area (Å²) in [5.74, 6) is -0.646. The number of carbonyl (C=O) groups excluding carboxylic acids is 1. The van der Waals surface area contributed by atoms with Gasteiger partial charge in [0.15, 0.2) is 0 Å². The van der Waals surface area contributed by atoms with Gasteiger partial charge in [-0.25, -0.2) is 0 Å². The standard InChI is InChI=1S/C16H9Cl4N3O/c17-10-3-1-5-12(14(10)19)22-8-9(7-21)16(24)23-13-6-2-4-11(18)15(13)20/h1-6,8,22H,(H,23,24)/b9-8-. The van der Waals surface area contributed by atoms with Crippen LogP contribution in [0.5, 0.6) is 0 Å². The number of amides is 1. The van der Waals surface area contributed by atoms with Crippen molar-refractivity contribution in [3.63, 3.8) is 0 Å². The van der Waals surface area contributed by atoms with Crippen molar-refractivity contribution in [3.05, 3.63) is 68.3 Å². The molecule has 0 atom stereocenters. The third-order valence-corrected chi connectivity index (χ3v) is 4.53. The molecule has 1 amide bonds. The van der Waals surface area contributed by atoms with Crippen molar-refractivity contribution < 1.29 is 4.79 Å². The van der Waals surface area contributed by atoms with Crippen LogP contribution in [0.2, 0.25) is 20.1 Å². The molecule has 2 rings (SSSR count). The summed E-state index contributed by atoms with van der Waals surface area (Å²) in [7, 11) is 0. The smallest absolute Gasteiger partial charge is 0.267 e. The summed E-state index contributed by atoms with van der Waals surface area (Å²) in [5.41, 5.74) is 0.587.